The molecule has 1 saturated heterocycles. The number of hydrogen-bond donors (Lipinski definition) is 1. The number of halogens is 1. The Morgan fingerprint density at radius 2 is 1.80 bits per heavy atom. The number of carbonyl (C=O) groups is 2. The van der Waals surface area contributed by atoms with Crippen LogP contribution in [0, 0.1) is 0 Å². The lowest BCUT2D eigenvalue weighted by Gasteiger charge is -2.33. The summed E-state index contributed by atoms with van der Waals surface area (Å²) in [6.45, 7) is 2.84. The molecule has 1 unspecified atom stereocenters. The number of benzene rings is 2. The zero-order valence-corrected chi connectivity index (χ0v) is 14.9. The summed E-state index contributed by atoms with van der Waals surface area (Å²) in [4.78, 5) is 27.3. The summed E-state index contributed by atoms with van der Waals surface area (Å²) in [7, 11) is 0. The first-order valence-electron chi connectivity index (χ1n) is 8.53. The van der Waals surface area contributed by atoms with Gasteiger partial charge in [-0.2, -0.15) is 0 Å². The van der Waals surface area contributed by atoms with Crippen LogP contribution in [0.3, 0.4) is 0 Å². The lowest BCUT2D eigenvalue weighted by Crippen LogP contribution is -2.42. The second kappa shape index (κ2) is 7.70. The minimum atomic E-state index is -0.261. The van der Waals surface area contributed by atoms with Crippen LogP contribution in [-0.2, 0) is 0 Å². The first-order valence-corrected chi connectivity index (χ1v) is 8.91. The fraction of sp³-hybridized carbons (Fsp3) is 0.300. The van der Waals surface area contributed by atoms with Gasteiger partial charge in [-0.15, -0.1) is 0 Å². The molecule has 1 fully saturated rings. The van der Waals surface area contributed by atoms with E-state index in [2.05, 4.69) is 12.2 Å². The summed E-state index contributed by atoms with van der Waals surface area (Å²) >= 11 is 5.86. The van der Waals surface area contributed by atoms with Crippen molar-refractivity contribution in [3.63, 3.8) is 0 Å². The number of rotatable bonds is 3. The molecule has 2 aromatic carbocycles. The van der Waals surface area contributed by atoms with Gasteiger partial charge in [-0.25, -0.2) is 0 Å². The van der Waals surface area contributed by atoms with Crippen molar-refractivity contribution >= 4 is 29.1 Å². The molecule has 0 aliphatic carbocycles. The number of nitrogens with one attached hydrogen (secondary N) is 1. The van der Waals surface area contributed by atoms with E-state index in [0.29, 0.717) is 21.8 Å². The van der Waals surface area contributed by atoms with Gasteiger partial charge in [0.05, 0.1) is 11.3 Å². The van der Waals surface area contributed by atoms with Gasteiger partial charge in [0, 0.05) is 23.2 Å². The number of piperidine rings is 1. The number of amides is 2. The molecule has 2 amide bonds. The molecule has 25 heavy (non-hydrogen) atoms. The number of carbonyl (C=O) groups excluding carboxylic acids is 2. The van der Waals surface area contributed by atoms with E-state index in [1.165, 1.54) is 0 Å². The monoisotopic (exact) mass is 356 g/mol. The van der Waals surface area contributed by atoms with Crippen molar-refractivity contribution in [1.82, 2.24) is 4.90 Å². The Morgan fingerprint density at radius 3 is 2.52 bits per heavy atom. The smallest absolute Gasteiger partial charge is 0.256 e. The molecule has 2 aromatic rings. The third-order valence-electron chi connectivity index (χ3n) is 4.58. The van der Waals surface area contributed by atoms with Gasteiger partial charge < -0.3 is 10.2 Å². The van der Waals surface area contributed by atoms with Crippen molar-refractivity contribution in [2.45, 2.75) is 32.2 Å². The zero-order chi connectivity index (χ0) is 17.8. The van der Waals surface area contributed by atoms with Crippen LogP contribution in [0.25, 0.3) is 0 Å². The van der Waals surface area contributed by atoms with Gasteiger partial charge in [0.2, 0.25) is 0 Å². The number of para-hydroxylation sites is 1. The van der Waals surface area contributed by atoms with Crippen molar-refractivity contribution in [3.05, 3.63) is 64.7 Å². The summed E-state index contributed by atoms with van der Waals surface area (Å²) in [5.74, 6) is -0.289. The van der Waals surface area contributed by atoms with E-state index in [0.717, 1.165) is 25.8 Å². The fourth-order valence-electron chi connectivity index (χ4n) is 3.13. The van der Waals surface area contributed by atoms with Crippen molar-refractivity contribution in [1.29, 1.82) is 0 Å². The molecule has 1 heterocycles. The molecular weight excluding hydrogens is 336 g/mol. The maximum absolute atomic E-state index is 13.0. The normalized spacial score (nSPS) is 17.2. The van der Waals surface area contributed by atoms with E-state index in [1.807, 2.05) is 17.0 Å². The highest BCUT2D eigenvalue weighted by Crippen LogP contribution is 2.23. The molecule has 0 spiro atoms. The predicted molar refractivity (Wildman–Crippen MR) is 100 cm³/mol. The predicted octanol–water partition coefficient (Wildman–Crippen LogP) is 4.61. The zero-order valence-electron chi connectivity index (χ0n) is 14.2. The lowest BCUT2D eigenvalue weighted by atomic mass is 10.0. The van der Waals surface area contributed by atoms with Crippen molar-refractivity contribution in [2.75, 3.05) is 11.9 Å². The second-order valence-corrected chi connectivity index (χ2v) is 6.79. The van der Waals surface area contributed by atoms with Gasteiger partial charge in [0.1, 0.15) is 0 Å². The molecule has 0 radical (unpaired) electrons. The molecule has 3 rings (SSSR count). The van der Waals surface area contributed by atoms with Crippen LogP contribution in [-0.4, -0.2) is 29.3 Å². The largest absolute Gasteiger partial charge is 0.336 e. The molecule has 0 saturated carbocycles. The standard InChI is InChI=1S/C20H21ClN2O2/c1-14-6-4-5-13-23(14)20(25)17-7-2-3-8-18(17)22-19(24)15-9-11-16(21)12-10-15/h2-3,7-12,14H,4-6,13H2,1H3,(H,22,24). The summed E-state index contributed by atoms with van der Waals surface area (Å²) in [6.07, 6.45) is 3.19. The molecule has 4 nitrogen and oxygen atoms in total. The Balaban J connectivity index is 1.82. The number of anilines is 1. The minimum absolute atomic E-state index is 0.0285. The van der Waals surface area contributed by atoms with Gasteiger partial charge in [-0.3, -0.25) is 9.59 Å². The second-order valence-electron chi connectivity index (χ2n) is 6.35. The minimum Gasteiger partial charge on any atom is -0.336 e. The molecule has 130 valence electrons. The maximum atomic E-state index is 13.0. The summed E-state index contributed by atoms with van der Waals surface area (Å²) in [5, 5.41) is 3.43. The average molecular weight is 357 g/mol. The summed E-state index contributed by atoms with van der Waals surface area (Å²) < 4.78 is 0. The Morgan fingerprint density at radius 1 is 1.08 bits per heavy atom. The fourth-order valence-corrected chi connectivity index (χ4v) is 3.25. The highest BCUT2D eigenvalue weighted by Gasteiger charge is 2.26. The molecule has 1 atom stereocenters. The van der Waals surface area contributed by atoms with E-state index in [4.69, 9.17) is 11.6 Å². The van der Waals surface area contributed by atoms with Crippen LogP contribution < -0.4 is 5.32 Å². The van der Waals surface area contributed by atoms with Gasteiger partial charge in [-0.05, 0) is 62.6 Å². The van der Waals surface area contributed by atoms with E-state index >= 15 is 0 Å². The lowest BCUT2D eigenvalue weighted by molar-refractivity contribution is 0.0636. The maximum Gasteiger partial charge on any atom is 0.256 e. The molecule has 1 N–H and O–H groups in total. The third kappa shape index (κ3) is 4.02. The van der Waals surface area contributed by atoms with E-state index in [1.54, 1.807) is 36.4 Å². The van der Waals surface area contributed by atoms with Crippen LogP contribution in [0.1, 0.15) is 46.9 Å². The first-order chi connectivity index (χ1) is 12.1. The van der Waals surface area contributed by atoms with Gasteiger partial charge in [0.25, 0.3) is 11.8 Å². The Kier molecular flexibility index (Phi) is 5.39. The number of likely N-dealkylation sites (tertiary alicyclic amines) is 1. The van der Waals surface area contributed by atoms with Crippen LogP contribution in [0.2, 0.25) is 5.02 Å². The first kappa shape index (κ1) is 17.5. The van der Waals surface area contributed by atoms with Crippen LogP contribution >= 0.6 is 11.6 Å². The Bertz CT molecular complexity index is 774. The molecular formula is C20H21ClN2O2. The van der Waals surface area contributed by atoms with Crippen molar-refractivity contribution in [2.24, 2.45) is 0 Å². The van der Waals surface area contributed by atoms with Crippen molar-refractivity contribution in [3.8, 4) is 0 Å². The van der Waals surface area contributed by atoms with Gasteiger partial charge in [0.15, 0.2) is 0 Å². The van der Waals surface area contributed by atoms with Crippen molar-refractivity contribution < 1.29 is 9.59 Å². The number of hydrogen-bond acceptors (Lipinski definition) is 2. The average Bonchev–Trinajstić information content (AvgIpc) is 2.62. The quantitative estimate of drug-likeness (QED) is 0.873. The molecule has 5 heteroatoms. The Hall–Kier alpha value is -2.33. The van der Waals surface area contributed by atoms with Crippen LogP contribution in [0.4, 0.5) is 5.69 Å². The molecule has 0 bridgehead atoms. The number of nitrogens with zero attached hydrogens (tertiary/aromatic N) is 1. The summed E-state index contributed by atoms with van der Waals surface area (Å²) in [6, 6.07) is 14.0. The van der Waals surface area contributed by atoms with Gasteiger partial charge >= 0.3 is 0 Å². The Labute approximate surface area is 152 Å². The summed E-state index contributed by atoms with van der Waals surface area (Å²) in [5.41, 5.74) is 1.56. The highest BCUT2D eigenvalue weighted by molar-refractivity contribution is 6.30. The van der Waals surface area contributed by atoms with Crippen LogP contribution in [0.5, 0.6) is 0 Å². The van der Waals surface area contributed by atoms with Crippen LogP contribution in [0.15, 0.2) is 48.5 Å². The highest BCUT2D eigenvalue weighted by atomic mass is 35.5. The topological polar surface area (TPSA) is 49.4 Å². The molecule has 0 aromatic heterocycles. The van der Waals surface area contributed by atoms with E-state index in [9.17, 15) is 9.59 Å². The SMILES string of the molecule is CC1CCCCN1C(=O)c1ccccc1NC(=O)c1ccc(Cl)cc1. The third-order valence-corrected chi connectivity index (χ3v) is 4.83. The molecule has 1 aliphatic heterocycles. The van der Waals surface area contributed by atoms with E-state index in [-0.39, 0.29) is 17.9 Å². The van der Waals surface area contributed by atoms with E-state index < -0.39 is 0 Å². The van der Waals surface area contributed by atoms with Gasteiger partial charge in [-0.1, -0.05) is 23.7 Å². The molecule has 1 aliphatic rings.